The van der Waals surface area contributed by atoms with Gasteiger partial charge in [-0.3, -0.25) is 9.59 Å². The van der Waals surface area contributed by atoms with E-state index in [4.69, 9.17) is 21.3 Å². The van der Waals surface area contributed by atoms with Crippen LogP contribution < -0.4 is 0 Å². The van der Waals surface area contributed by atoms with Gasteiger partial charge in [0.05, 0.1) is 0 Å². The Bertz CT molecular complexity index is 490. The van der Waals surface area contributed by atoms with Crippen molar-refractivity contribution in [1.82, 2.24) is 4.42 Å². The lowest BCUT2D eigenvalue weighted by molar-refractivity contribution is -0.150. The summed E-state index contributed by atoms with van der Waals surface area (Å²) in [5.41, 5.74) is 0.886. The highest BCUT2D eigenvalue weighted by Gasteiger charge is 2.25. The lowest BCUT2D eigenvalue weighted by Gasteiger charge is -2.20. The molecule has 0 amide bonds. The molecule has 120 valence electrons. The number of likely N-dealkylation sites (N-methyl/N-ethyl adjacent to an activating group) is 1. The van der Waals surface area contributed by atoms with E-state index < -0.39 is 18.0 Å². The number of carbonyl (C=O) groups excluding carboxylic acids is 2. The van der Waals surface area contributed by atoms with E-state index in [0.717, 1.165) is 5.56 Å². The maximum atomic E-state index is 12.1. The van der Waals surface area contributed by atoms with Crippen LogP contribution in [0.1, 0.15) is 18.4 Å². The topological polar surface area (TPSA) is 55.8 Å². The molecule has 0 saturated carbocycles. The van der Waals surface area contributed by atoms with Crippen LogP contribution in [0.25, 0.3) is 0 Å². The molecule has 6 heteroatoms. The van der Waals surface area contributed by atoms with Crippen molar-refractivity contribution in [3.8, 4) is 0 Å². The minimum Gasteiger partial charge on any atom is -0.461 e. The average molecular weight is 326 g/mol. The van der Waals surface area contributed by atoms with Gasteiger partial charge in [-0.1, -0.05) is 43.0 Å². The summed E-state index contributed by atoms with van der Waals surface area (Å²) in [5.74, 6) is -0.878. The molecular weight excluding hydrogens is 306 g/mol. The fourth-order valence-electron chi connectivity index (χ4n) is 1.74. The third kappa shape index (κ3) is 6.74. The summed E-state index contributed by atoms with van der Waals surface area (Å²) in [6.45, 7) is 3.78. The standard InChI is InChI=1S/C16H20ClNO4/c1-3-11-21-15(19)10-9-14(18(2)17)16(20)22-12-13-7-5-4-6-8-13/h3-8,14H,1,9-12H2,2H3/t14-/m0/s1. The molecule has 1 rings (SSSR count). The lowest BCUT2D eigenvalue weighted by Crippen LogP contribution is -2.34. The van der Waals surface area contributed by atoms with Crippen LogP contribution in [-0.4, -0.2) is 36.1 Å². The summed E-state index contributed by atoms with van der Waals surface area (Å²) in [7, 11) is 1.55. The Morgan fingerprint density at radius 3 is 2.59 bits per heavy atom. The highest BCUT2D eigenvalue weighted by atomic mass is 35.5. The molecule has 0 unspecified atom stereocenters. The van der Waals surface area contributed by atoms with E-state index in [-0.39, 0.29) is 26.1 Å². The molecular formula is C16H20ClNO4. The van der Waals surface area contributed by atoms with Crippen molar-refractivity contribution < 1.29 is 19.1 Å². The molecule has 0 bridgehead atoms. The summed E-state index contributed by atoms with van der Waals surface area (Å²) in [5, 5.41) is 0. The maximum Gasteiger partial charge on any atom is 0.325 e. The summed E-state index contributed by atoms with van der Waals surface area (Å²) in [6, 6.07) is 8.63. The van der Waals surface area contributed by atoms with E-state index in [1.807, 2.05) is 30.3 Å². The monoisotopic (exact) mass is 325 g/mol. The lowest BCUT2D eigenvalue weighted by atomic mass is 10.1. The van der Waals surface area contributed by atoms with E-state index in [2.05, 4.69) is 6.58 Å². The van der Waals surface area contributed by atoms with Gasteiger partial charge in [0.15, 0.2) is 0 Å². The molecule has 0 N–H and O–H groups in total. The Morgan fingerprint density at radius 1 is 1.32 bits per heavy atom. The molecule has 1 aromatic rings. The van der Waals surface area contributed by atoms with E-state index >= 15 is 0 Å². The molecule has 0 heterocycles. The predicted molar refractivity (Wildman–Crippen MR) is 84.0 cm³/mol. The largest absolute Gasteiger partial charge is 0.461 e. The zero-order valence-corrected chi connectivity index (χ0v) is 13.3. The first-order valence-corrected chi connectivity index (χ1v) is 7.24. The van der Waals surface area contributed by atoms with Crippen LogP contribution >= 0.6 is 11.8 Å². The Morgan fingerprint density at radius 2 is 2.00 bits per heavy atom. The van der Waals surface area contributed by atoms with Gasteiger partial charge in [-0.05, 0) is 23.8 Å². The van der Waals surface area contributed by atoms with Gasteiger partial charge in [0.2, 0.25) is 0 Å². The number of esters is 2. The first-order chi connectivity index (χ1) is 10.5. The van der Waals surface area contributed by atoms with Gasteiger partial charge in [0.1, 0.15) is 19.3 Å². The minimum absolute atomic E-state index is 0.0794. The van der Waals surface area contributed by atoms with Gasteiger partial charge in [-0.15, -0.1) is 0 Å². The summed E-state index contributed by atoms with van der Waals surface area (Å²) in [4.78, 5) is 23.5. The highest BCUT2D eigenvalue weighted by Crippen LogP contribution is 2.12. The molecule has 0 radical (unpaired) electrons. The van der Waals surface area contributed by atoms with Gasteiger partial charge in [-0.2, -0.15) is 0 Å². The van der Waals surface area contributed by atoms with E-state index in [1.54, 1.807) is 7.05 Å². The first kappa shape index (κ1) is 18.2. The smallest absolute Gasteiger partial charge is 0.325 e. The Balaban J connectivity index is 2.46. The minimum atomic E-state index is -0.707. The number of rotatable bonds is 9. The molecule has 0 aliphatic rings. The van der Waals surface area contributed by atoms with Crippen molar-refractivity contribution in [1.29, 1.82) is 0 Å². The average Bonchev–Trinajstić information content (AvgIpc) is 2.51. The molecule has 0 spiro atoms. The second-order valence-corrected chi connectivity index (χ2v) is 5.18. The summed E-state index contributed by atoms with van der Waals surface area (Å²) < 4.78 is 11.3. The zero-order valence-electron chi connectivity index (χ0n) is 12.5. The van der Waals surface area contributed by atoms with Crippen molar-refractivity contribution in [3.63, 3.8) is 0 Å². The van der Waals surface area contributed by atoms with Gasteiger partial charge >= 0.3 is 11.9 Å². The third-order valence-corrected chi connectivity index (χ3v) is 3.15. The van der Waals surface area contributed by atoms with Crippen LogP contribution in [0.2, 0.25) is 0 Å². The van der Waals surface area contributed by atoms with Crippen LogP contribution in [0.15, 0.2) is 43.0 Å². The van der Waals surface area contributed by atoms with E-state index in [9.17, 15) is 9.59 Å². The second-order valence-electron chi connectivity index (χ2n) is 4.64. The van der Waals surface area contributed by atoms with E-state index in [0.29, 0.717) is 0 Å². The molecule has 0 aromatic heterocycles. The van der Waals surface area contributed by atoms with Gasteiger partial charge in [0, 0.05) is 13.5 Å². The molecule has 0 aliphatic heterocycles. The van der Waals surface area contributed by atoms with Crippen molar-refractivity contribution >= 4 is 23.7 Å². The number of carbonyl (C=O) groups is 2. The number of nitrogens with zero attached hydrogens (tertiary/aromatic N) is 1. The van der Waals surface area contributed by atoms with Crippen LogP contribution in [0, 0.1) is 0 Å². The van der Waals surface area contributed by atoms with Gasteiger partial charge in [0.25, 0.3) is 0 Å². The quantitative estimate of drug-likeness (QED) is 0.397. The van der Waals surface area contributed by atoms with Crippen molar-refractivity contribution in [2.45, 2.75) is 25.5 Å². The molecule has 22 heavy (non-hydrogen) atoms. The van der Waals surface area contributed by atoms with Crippen LogP contribution in [-0.2, 0) is 25.7 Å². The Labute approximate surface area is 135 Å². The molecule has 1 atom stereocenters. The van der Waals surface area contributed by atoms with Crippen molar-refractivity contribution in [2.75, 3.05) is 13.7 Å². The molecule has 5 nitrogen and oxygen atoms in total. The SMILES string of the molecule is C=CCOC(=O)CC[C@@H](C(=O)OCc1ccccc1)N(C)Cl. The van der Waals surface area contributed by atoms with Crippen LogP contribution in [0.5, 0.6) is 0 Å². The third-order valence-electron chi connectivity index (χ3n) is 2.91. The van der Waals surface area contributed by atoms with Gasteiger partial charge in [-0.25, -0.2) is 4.42 Å². The van der Waals surface area contributed by atoms with Crippen LogP contribution in [0.3, 0.4) is 0 Å². The van der Waals surface area contributed by atoms with Crippen LogP contribution in [0.4, 0.5) is 0 Å². The highest BCUT2D eigenvalue weighted by molar-refractivity contribution is 6.14. The Kier molecular flexibility index (Phi) is 8.25. The fourth-order valence-corrected chi connectivity index (χ4v) is 1.92. The van der Waals surface area contributed by atoms with Gasteiger partial charge < -0.3 is 9.47 Å². The second kappa shape index (κ2) is 9.97. The van der Waals surface area contributed by atoms with E-state index in [1.165, 1.54) is 10.5 Å². The molecule has 0 fully saturated rings. The van der Waals surface area contributed by atoms with Crippen molar-refractivity contribution in [3.05, 3.63) is 48.6 Å². The molecule has 0 aliphatic carbocycles. The summed E-state index contributed by atoms with van der Waals surface area (Å²) >= 11 is 5.87. The number of hydrogen-bond donors (Lipinski definition) is 0. The number of halogens is 1. The number of hydrogen-bond acceptors (Lipinski definition) is 5. The predicted octanol–water partition coefficient (Wildman–Crippen LogP) is 2.69. The summed E-state index contributed by atoms with van der Waals surface area (Å²) in [6.07, 6.45) is 1.79. The Hall–Kier alpha value is -1.85. The maximum absolute atomic E-state index is 12.1. The first-order valence-electron chi connectivity index (χ1n) is 6.90. The normalized spacial score (nSPS) is 11.8. The number of benzene rings is 1. The molecule has 0 saturated heterocycles. The zero-order chi connectivity index (χ0) is 16.4. The molecule has 1 aromatic carbocycles. The number of ether oxygens (including phenoxy) is 2. The van der Waals surface area contributed by atoms with Crippen molar-refractivity contribution in [2.24, 2.45) is 0 Å². The fraction of sp³-hybridized carbons (Fsp3) is 0.375.